The standard InChI is InChI=1S/C50H35N3/c1-4-12-34(13-5-1)35-20-22-36(23-21-35)41-25-24-37-28-31-48-49(44(37)32-41)43-18-10-11-19-47(43)53(48)42-29-26-39(27-30-42)46-33-45(38-14-6-2-7-15-38)51-50(52-46)40-16-8-3-9-17-40/h2-4,6-33H,1,5H2. The summed E-state index contributed by atoms with van der Waals surface area (Å²) >= 11 is 0. The van der Waals surface area contributed by atoms with Crippen molar-refractivity contribution in [2.24, 2.45) is 0 Å². The first-order chi connectivity index (χ1) is 26.3. The fourth-order valence-electron chi connectivity index (χ4n) is 7.78. The van der Waals surface area contributed by atoms with Crippen molar-refractivity contribution in [2.45, 2.75) is 12.8 Å². The van der Waals surface area contributed by atoms with Gasteiger partial charge in [-0.1, -0.05) is 152 Å². The number of fused-ring (bicyclic) bond motifs is 5. The molecule has 0 fully saturated rings. The second-order valence-corrected chi connectivity index (χ2v) is 13.7. The van der Waals surface area contributed by atoms with Gasteiger partial charge < -0.3 is 4.57 Å². The van der Waals surface area contributed by atoms with Crippen molar-refractivity contribution in [1.29, 1.82) is 0 Å². The van der Waals surface area contributed by atoms with Crippen LogP contribution in [0.4, 0.5) is 0 Å². The smallest absolute Gasteiger partial charge is 0.160 e. The van der Waals surface area contributed by atoms with Gasteiger partial charge in [0.2, 0.25) is 0 Å². The molecule has 0 atom stereocenters. The van der Waals surface area contributed by atoms with Gasteiger partial charge in [-0.3, -0.25) is 0 Å². The van der Waals surface area contributed by atoms with Crippen LogP contribution < -0.4 is 0 Å². The molecule has 0 saturated carbocycles. The quantitative estimate of drug-likeness (QED) is 0.175. The van der Waals surface area contributed by atoms with Gasteiger partial charge in [0.05, 0.1) is 22.4 Å². The predicted molar refractivity (Wildman–Crippen MR) is 222 cm³/mol. The molecule has 0 amide bonds. The first-order valence-electron chi connectivity index (χ1n) is 18.3. The lowest BCUT2D eigenvalue weighted by molar-refractivity contribution is 1.04. The highest BCUT2D eigenvalue weighted by atomic mass is 15.0. The number of benzene rings is 7. The van der Waals surface area contributed by atoms with Crippen molar-refractivity contribution in [3.05, 3.63) is 194 Å². The Labute approximate surface area is 308 Å². The number of rotatable bonds is 6. The van der Waals surface area contributed by atoms with E-state index in [0.29, 0.717) is 0 Å². The molecule has 3 heteroatoms. The molecule has 0 bridgehead atoms. The van der Waals surface area contributed by atoms with E-state index in [2.05, 4.69) is 168 Å². The molecule has 53 heavy (non-hydrogen) atoms. The third-order valence-corrected chi connectivity index (χ3v) is 10.5. The zero-order valence-electron chi connectivity index (χ0n) is 29.2. The molecule has 2 aromatic heterocycles. The van der Waals surface area contributed by atoms with Gasteiger partial charge >= 0.3 is 0 Å². The fraction of sp³-hybridized carbons (Fsp3) is 0.0400. The Hall–Kier alpha value is -6.84. The van der Waals surface area contributed by atoms with Crippen molar-refractivity contribution in [1.82, 2.24) is 14.5 Å². The molecule has 0 spiro atoms. The average Bonchev–Trinajstić information content (AvgIpc) is 3.59. The van der Waals surface area contributed by atoms with Crippen LogP contribution in [0.1, 0.15) is 18.4 Å². The largest absolute Gasteiger partial charge is 0.309 e. The van der Waals surface area contributed by atoms with E-state index in [9.17, 15) is 0 Å². The normalized spacial score (nSPS) is 12.8. The lowest BCUT2D eigenvalue weighted by Gasteiger charge is -2.12. The van der Waals surface area contributed by atoms with Crippen LogP contribution in [-0.2, 0) is 0 Å². The van der Waals surface area contributed by atoms with E-state index in [4.69, 9.17) is 9.97 Å². The van der Waals surface area contributed by atoms with Crippen LogP contribution >= 0.6 is 0 Å². The first kappa shape index (κ1) is 30.9. The zero-order valence-corrected chi connectivity index (χ0v) is 29.2. The molecule has 1 aliphatic carbocycles. The highest BCUT2D eigenvalue weighted by Crippen LogP contribution is 2.39. The topological polar surface area (TPSA) is 30.7 Å². The second-order valence-electron chi connectivity index (χ2n) is 13.7. The SMILES string of the molecule is C1=CC(c2ccc(-c3ccc4ccc5c(c4c3)c3ccccc3n5-c3ccc(-c4cc(-c5ccccc5)nc(-c5ccccc5)n4)cc3)cc2)=CCC1. The van der Waals surface area contributed by atoms with Gasteiger partial charge in [0.25, 0.3) is 0 Å². The Morgan fingerprint density at radius 3 is 1.79 bits per heavy atom. The number of hydrogen-bond acceptors (Lipinski definition) is 2. The highest BCUT2D eigenvalue weighted by Gasteiger charge is 2.16. The molecule has 3 nitrogen and oxygen atoms in total. The molecule has 9 aromatic rings. The molecule has 0 N–H and O–H groups in total. The molecule has 250 valence electrons. The molecule has 7 aromatic carbocycles. The summed E-state index contributed by atoms with van der Waals surface area (Å²) in [5.41, 5.74) is 13.4. The summed E-state index contributed by atoms with van der Waals surface area (Å²) < 4.78 is 2.39. The molecule has 1 aliphatic rings. The van der Waals surface area contributed by atoms with Crippen LogP contribution in [0.15, 0.2) is 188 Å². The van der Waals surface area contributed by atoms with Crippen LogP contribution in [0.25, 0.3) is 88.9 Å². The summed E-state index contributed by atoms with van der Waals surface area (Å²) in [5, 5.41) is 5.02. The monoisotopic (exact) mass is 677 g/mol. The van der Waals surface area contributed by atoms with E-state index < -0.39 is 0 Å². The maximum absolute atomic E-state index is 5.06. The minimum atomic E-state index is 0.717. The van der Waals surface area contributed by atoms with Crippen LogP contribution in [0.3, 0.4) is 0 Å². The third kappa shape index (κ3) is 5.64. The summed E-state index contributed by atoms with van der Waals surface area (Å²) in [6.07, 6.45) is 9.09. The zero-order chi connectivity index (χ0) is 35.1. The molecular weight excluding hydrogens is 643 g/mol. The summed E-state index contributed by atoms with van der Waals surface area (Å²) in [4.78, 5) is 10.0. The van der Waals surface area contributed by atoms with Crippen LogP contribution in [-0.4, -0.2) is 14.5 Å². The Morgan fingerprint density at radius 1 is 0.434 bits per heavy atom. The Morgan fingerprint density at radius 2 is 1.06 bits per heavy atom. The van der Waals surface area contributed by atoms with E-state index >= 15 is 0 Å². The van der Waals surface area contributed by atoms with Crippen LogP contribution in [0.2, 0.25) is 0 Å². The summed E-state index contributed by atoms with van der Waals surface area (Å²) in [6, 6.07) is 60.6. The van der Waals surface area contributed by atoms with Crippen LogP contribution in [0, 0.1) is 0 Å². The highest BCUT2D eigenvalue weighted by molar-refractivity contribution is 6.21. The minimum absolute atomic E-state index is 0.717. The number of nitrogens with zero attached hydrogens (tertiary/aromatic N) is 3. The van der Waals surface area contributed by atoms with E-state index in [1.54, 1.807) is 0 Å². The average molecular weight is 678 g/mol. The Bertz CT molecular complexity index is 2790. The number of allylic oxidation sites excluding steroid dienone is 4. The van der Waals surface area contributed by atoms with Crippen molar-refractivity contribution < 1.29 is 0 Å². The van der Waals surface area contributed by atoms with Gasteiger partial charge in [-0.25, -0.2) is 9.97 Å². The lowest BCUT2D eigenvalue weighted by Crippen LogP contribution is -1.97. The summed E-state index contributed by atoms with van der Waals surface area (Å²) in [5.74, 6) is 0.717. The van der Waals surface area contributed by atoms with Gasteiger partial charge in [0.1, 0.15) is 0 Å². The van der Waals surface area contributed by atoms with Crippen molar-refractivity contribution >= 4 is 38.2 Å². The van der Waals surface area contributed by atoms with Gasteiger partial charge in [0.15, 0.2) is 5.82 Å². The van der Waals surface area contributed by atoms with E-state index in [0.717, 1.165) is 52.4 Å². The van der Waals surface area contributed by atoms with Gasteiger partial charge in [0, 0.05) is 33.2 Å². The predicted octanol–water partition coefficient (Wildman–Crippen LogP) is 13.1. The number of hydrogen-bond donors (Lipinski definition) is 0. The van der Waals surface area contributed by atoms with Crippen LogP contribution in [0.5, 0.6) is 0 Å². The van der Waals surface area contributed by atoms with Gasteiger partial charge in [-0.2, -0.15) is 0 Å². The molecule has 0 aliphatic heterocycles. The van der Waals surface area contributed by atoms with E-state index in [1.165, 1.54) is 54.8 Å². The lowest BCUT2D eigenvalue weighted by atomic mass is 9.95. The van der Waals surface area contributed by atoms with E-state index in [-0.39, 0.29) is 0 Å². The molecule has 10 rings (SSSR count). The Balaban J connectivity index is 1.07. The molecule has 0 unspecified atom stereocenters. The van der Waals surface area contributed by atoms with Crippen molar-refractivity contribution in [3.63, 3.8) is 0 Å². The van der Waals surface area contributed by atoms with E-state index in [1.807, 2.05) is 24.3 Å². The van der Waals surface area contributed by atoms with Crippen molar-refractivity contribution in [2.75, 3.05) is 0 Å². The number of aromatic nitrogens is 3. The first-order valence-corrected chi connectivity index (χ1v) is 18.3. The summed E-state index contributed by atoms with van der Waals surface area (Å²) in [7, 11) is 0. The van der Waals surface area contributed by atoms with Crippen molar-refractivity contribution in [3.8, 4) is 50.7 Å². The molecular formula is C50H35N3. The van der Waals surface area contributed by atoms with Gasteiger partial charge in [-0.15, -0.1) is 0 Å². The second kappa shape index (κ2) is 13.0. The maximum atomic E-state index is 5.06. The summed E-state index contributed by atoms with van der Waals surface area (Å²) in [6.45, 7) is 0. The maximum Gasteiger partial charge on any atom is 0.160 e. The minimum Gasteiger partial charge on any atom is -0.309 e. The number of para-hydroxylation sites is 1. The Kier molecular flexibility index (Phi) is 7.62. The fourth-order valence-corrected chi connectivity index (χ4v) is 7.78. The third-order valence-electron chi connectivity index (χ3n) is 10.5. The molecule has 0 radical (unpaired) electrons. The molecule has 0 saturated heterocycles. The molecule has 2 heterocycles. The van der Waals surface area contributed by atoms with Gasteiger partial charge in [-0.05, 0) is 82.3 Å².